The summed E-state index contributed by atoms with van der Waals surface area (Å²) in [5.74, 6) is -2.17. The van der Waals surface area contributed by atoms with Crippen LogP contribution in [0.25, 0.3) is 0 Å². The van der Waals surface area contributed by atoms with Crippen molar-refractivity contribution in [3.8, 4) is 5.75 Å². The van der Waals surface area contributed by atoms with E-state index in [1.165, 1.54) is 4.90 Å². The lowest BCUT2D eigenvalue weighted by molar-refractivity contribution is -0.142. The molecule has 1 atom stereocenters. The van der Waals surface area contributed by atoms with Crippen molar-refractivity contribution in [2.45, 2.75) is 6.10 Å². The number of amides is 2. The van der Waals surface area contributed by atoms with E-state index in [0.29, 0.717) is 43.8 Å². The largest absolute Gasteiger partial charge is 0.476 e. The Hall–Kier alpha value is -3.00. The van der Waals surface area contributed by atoms with Gasteiger partial charge in [-0.25, -0.2) is 8.78 Å². The zero-order valence-electron chi connectivity index (χ0n) is 14.9. The lowest BCUT2D eigenvalue weighted by Crippen LogP contribution is -2.54. The standard InChI is InChI=1S/C20H18F2N2O4/c21-14-9-13(10-15(22)11-14)19(25)24-12-18(20(26)23-5-7-27-8-6-23)28-17-4-2-1-3-16(17)24/h1-4,9-11,18H,5-8,12H2/t18-/m0/s1. The summed E-state index contributed by atoms with van der Waals surface area (Å²) in [4.78, 5) is 28.8. The molecule has 6 nitrogen and oxygen atoms in total. The number of morpholine rings is 1. The number of hydrogen-bond acceptors (Lipinski definition) is 4. The van der Waals surface area contributed by atoms with Crippen molar-refractivity contribution in [3.05, 3.63) is 59.7 Å². The Kier molecular flexibility index (Phi) is 4.95. The first kappa shape index (κ1) is 18.4. The van der Waals surface area contributed by atoms with Crippen molar-refractivity contribution in [2.24, 2.45) is 0 Å². The summed E-state index contributed by atoms with van der Waals surface area (Å²) in [7, 11) is 0. The molecule has 1 fully saturated rings. The zero-order chi connectivity index (χ0) is 19.7. The van der Waals surface area contributed by atoms with Crippen LogP contribution in [0.2, 0.25) is 0 Å². The summed E-state index contributed by atoms with van der Waals surface area (Å²) in [6.07, 6.45) is -0.907. The molecule has 2 aromatic rings. The quantitative estimate of drug-likeness (QED) is 0.792. The van der Waals surface area contributed by atoms with Gasteiger partial charge in [0.25, 0.3) is 11.8 Å². The van der Waals surface area contributed by atoms with Crippen LogP contribution in [0, 0.1) is 11.6 Å². The number of benzene rings is 2. The Labute approximate surface area is 160 Å². The first-order valence-corrected chi connectivity index (χ1v) is 8.93. The third-order valence-corrected chi connectivity index (χ3v) is 4.73. The summed E-state index contributed by atoms with van der Waals surface area (Å²) in [6, 6.07) is 9.42. The maximum Gasteiger partial charge on any atom is 0.265 e. The van der Waals surface area contributed by atoms with Gasteiger partial charge in [0.05, 0.1) is 25.4 Å². The number of carbonyl (C=O) groups is 2. The molecule has 2 aliphatic rings. The zero-order valence-corrected chi connectivity index (χ0v) is 14.9. The summed E-state index contributed by atoms with van der Waals surface area (Å²) in [5, 5.41) is 0. The Bertz CT molecular complexity index is 895. The molecule has 0 aromatic heterocycles. The highest BCUT2D eigenvalue weighted by Gasteiger charge is 2.36. The molecule has 1 saturated heterocycles. The topological polar surface area (TPSA) is 59.1 Å². The summed E-state index contributed by atoms with van der Waals surface area (Å²) in [5.41, 5.74) is 0.315. The SMILES string of the molecule is O=C([C@@H]1CN(C(=O)c2cc(F)cc(F)c2)c2ccccc2O1)N1CCOCC1. The van der Waals surface area contributed by atoms with Crippen molar-refractivity contribution in [2.75, 3.05) is 37.7 Å². The van der Waals surface area contributed by atoms with Crippen LogP contribution in [0.5, 0.6) is 5.75 Å². The van der Waals surface area contributed by atoms with Crippen molar-refractivity contribution < 1.29 is 27.8 Å². The molecule has 0 aliphatic carbocycles. The van der Waals surface area contributed by atoms with E-state index in [9.17, 15) is 18.4 Å². The van der Waals surface area contributed by atoms with Crippen LogP contribution in [0.4, 0.5) is 14.5 Å². The summed E-state index contributed by atoms with van der Waals surface area (Å²) in [6.45, 7) is 1.73. The number of para-hydroxylation sites is 2. The van der Waals surface area contributed by atoms with Crippen molar-refractivity contribution >= 4 is 17.5 Å². The van der Waals surface area contributed by atoms with Gasteiger partial charge in [-0.05, 0) is 24.3 Å². The number of nitrogens with zero attached hydrogens (tertiary/aromatic N) is 2. The predicted molar refractivity (Wildman–Crippen MR) is 96.3 cm³/mol. The van der Waals surface area contributed by atoms with Gasteiger partial charge < -0.3 is 19.3 Å². The van der Waals surface area contributed by atoms with Gasteiger partial charge in [0, 0.05) is 24.7 Å². The van der Waals surface area contributed by atoms with Crippen LogP contribution >= 0.6 is 0 Å². The van der Waals surface area contributed by atoms with Crippen LogP contribution in [-0.2, 0) is 9.53 Å². The van der Waals surface area contributed by atoms with E-state index in [1.54, 1.807) is 29.2 Å². The molecular weight excluding hydrogens is 370 g/mol. The minimum absolute atomic E-state index is 0.0514. The number of halogens is 2. The fourth-order valence-corrected chi connectivity index (χ4v) is 3.38. The maximum absolute atomic E-state index is 13.6. The van der Waals surface area contributed by atoms with Crippen LogP contribution in [0.1, 0.15) is 10.4 Å². The van der Waals surface area contributed by atoms with Gasteiger partial charge in [0.2, 0.25) is 0 Å². The highest BCUT2D eigenvalue weighted by atomic mass is 19.1. The second kappa shape index (κ2) is 7.55. The average Bonchev–Trinajstić information content (AvgIpc) is 2.71. The van der Waals surface area contributed by atoms with E-state index in [2.05, 4.69) is 0 Å². The van der Waals surface area contributed by atoms with E-state index in [0.717, 1.165) is 12.1 Å². The number of anilines is 1. The molecule has 4 rings (SSSR count). The van der Waals surface area contributed by atoms with E-state index in [4.69, 9.17) is 9.47 Å². The molecular formula is C20H18F2N2O4. The second-order valence-electron chi connectivity index (χ2n) is 6.59. The number of rotatable bonds is 2. The molecule has 0 saturated carbocycles. The summed E-state index contributed by atoms with van der Waals surface area (Å²) >= 11 is 0. The predicted octanol–water partition coefficient (Wildman–Crippen LogP) is 2.23. The smallest absolute Gasteiger partial charge is 0.265 e. The first-order valence-electron chi connectivity index (χ1n) is 8.93. The second-order valence-corrected chi connectivity index (χ2v) is 6.59. The fraction of sp³-hybridized carbons (Fsp3) is 0.300. The maximum atomic E-state index is 13.6. The Balaban J connectivity index is 1.65. The van der Waals surface area contributed by atoms with Crippen molar-refractivity contribution in [1.29, 1.82) is 0 Å². The molecule has 0 spiro atoms. The highest BCUT2D eigenvalue weighted by molar-refractivity contribution is 6.07. The molecule has 0 N–H and O–H groups in total. The Morgan fingerprint density at radius 3 is 2.39 bits per heavy atom. The molecule has 0 bridgehead atoms. The molecule has 28 heavy (non-hydrogen) atoms. The molecule has 2 aliphatic heterocycles. The average molecular weight is 388 g/mol. The van der Waals surface area contributed by atoms with E-state index in [1.807, 2.05) is 0 Å². The van der Waals surface area contributed by atoms with Gasteiger partial charge in [-0.3, -0.25) is 9.59 Å². The monoisotopic (exact) mass is 388 g/mol. The minimum Gasteiger partial charge on any atom is -0.476 e. The Morgan fingerprint density at radius 1 is 1.00 bits per heavy atom. The molecule has 2 amide bonds. The molecule has 2 aromatic carbocycles. The van der Waals surface area contributed by atoms with Gasteiger partial charge in [-0.1, -0.05) is 12.1 Å². The highest BCUT2D eigenvalue weighted by Crippen LogP contribution is 2.34. The molecule has 0 unspecified atom stereocenters. The van der Waals surface area contributed by atoms with Crippen molar-refractivity contribution in [1.82, 2.24) is 4.90 Å². The van der Waals surface area contributed by atoms with Gasteiger partial charge in [-0.15, -0.1) is 0 Å². The van der Waals surface area contributed by atoms with Gasteiger partial charge in [-0.2, -0.15) is 0 Å². The third kappa shape index (κ3) is 3.55. The van der Waals surface area contributed by atoms with Gasteiger partial charge in [0.15, 0.2) is 6.10 Å². The number of ether oxygens (including phenoxy) is 2. The summed E-state index contributed by atoms with van der Waals surface area (Å²) < 4.78 is 38.3. The van der Waals surface area contributed by atoms with Gasteiger partial charge in [0.1, 0.15) is 17.4 Å². The normalized spacial score (nSPS) is 19.0. The van der Waals surface area contributed by atoms with E-state index < -0.39 is 23.6 Å². The third-order valence-electron chi connectivity index (χ3n) is 4.73. The Morgan fingerprint density at radius 2 is 1.68 bits per heavy atom. The fourth-order valence-electron chi connectivity index (χ4n) is 3.38. The lowest BCUT2D eigenvalue weighted by Gasteiger charge is -2.37. The van der Waals surface area contributed by atoms with Gasteiger partial charge >= 0.3 is 0 Å². The number of fused-ring (bicyclic) bond motifs is 1. The van der Waals surface area contributed by atoms with Crippen LogP contribution in [0.15, 0.2) is 42.5 Å². The molecule has 0 radical (unpaired) electrons. The minimum atomic E-state index is -0.907. The van der Waals surface area contributed by atoms with E-state index >= 15 is 0 Å². The van der Waals surface area contributed by atoms with Crippen LogP contribution in [-0.4, -0.2) is 55.7 Å². The van der Waals surface area contributed by atoms with E-state index in [-0.39, 0.29) is 18.0 Å². The molecule has 146 valence electrons. The van der Waals surface area contributed by atoms with Crippen molar-refractivity contribution in [3.63, 3.8) is 0 Å². The molecule has 2 heterocycles. The number of carbonyl (C=O) groups excluding carboxylic acids is 2. The number of hydrogen-bond donors (Lipinski definition) is 0. The van der Waals surface area contributed by atoms with Crippen LogP contribution in [0.3, 0.4) is 0 Å². The lowest BCUT2D eigenvalue weighted by atomic mass is 10.1. The first-order chi connectivity index (χ1) is 13.5. The molecule has 8 heteroatoms. The van der Waals surface area contributed by atoms with Crippen LogP contribution < -0.4 is 9.64 Å².